The molecule has 3 heterocycles. The summed E-state index contributed by atoms with van der Waals surface area (Å²) in [4.78, 5) is 6.22. The van der Waals surface area contributed by atoms with E-state index in [4.69, 9.17) is 21.1 Å². The van der Waals surface area contributed by atoms with Gasteiger partial charge in [0, 0.05) is 34.2 Å². The maximum atomic E-state index is 13.9. The van der Waals surface area contributed by atoms with Gasteiger partial charge in [-0.3, -0.25) is 4.90 Å². The van der Waals surface area contributed by atoms with Crippen molar-refractivity contribution < 1.29 is 13.9 Å². The number of nitrogens with one attached hydrogen (secondary N) is 1. The van der Waals surface area contributed by atoms with Crippen molar-refractivity contribution in [3.8, 4) is 11.5 Å². The molecule has 4 nitrogen and oxygen atoms in total. The van der Waals surface area contributed by atoms with Gasteiger partial charge < -0.3 is 14.5 Å². The SMILES string of the molecule is COc1cc2c(cc1OCc1ccccc1)CCN1C2Cc2c([nH]c3cc(Cl)ccc23)C1c1ccc(F)cc1. The smallest absolute Gasteiger partial charge is 0.161 e. The Morgan fingerprint density at radius 2 is 1.79 bits per heavy atom. The second-order valence-electron chi connectivity index (χ2n) is 10.3. The molecule has 2 unspecified atom stereocenters. The minimum atomic E-state index is -0.230. The van der Waals surface area contributed by atoms with Crippen LogP contribution in [0.25, 0.3) is 10.9 Å². The molecule has 2 aliphatic rings. The van der Waals surface area contributed by atoms with Crippen molar-refractivity contribution in [3.05, 3.63) is 129 Å². The quantitative estimate of drug-likeness (QED) is 0.248. The van der Waals surface area contributed by atoms with E-state index >= 15 is 0 Å². The normalized spacial score (nSPS) is 18.3. The molecule has 2 aliphatic heterocycles. The van der Waals surface area contributed by atoms with Crippen molar-refractivity contribution in [2.45, 2.75) is 31.5 Å². The second kappa shape index (κ2) is 9.74. The topological polar surface area (TPSA) is 37.5 Å². The average molecular weight is 539 g/mol. The minimum absolute atomic E-state index is 0.0290. The van der Waals surface area contributed by atoms with Gasteiger partial charge >= 0.3 is 0 Å². The summed E-state index contributed by atoms with van der Waals surface area (Å²) in [5.74, 6) is 1.27. The summed E-state index contributed by atoms with van der Waals surface area (Å²) in [6, 6.07) is 27.6. The van der Waals surface area contributed by atoms with Crippen molar-refractivity contribution in [1.82, 2.24) is 9.88 Å². The van der Waals surface area contributed by atoms with E-state index in [2.05, 4.69) is 40.2 Å². The van der Waals surface area contributed by atoms with Crippen molar-refractivity contribution in [2.24, 2.45) is 0 Å². The first-order chi connectivity index (χ1) is 19.1. The molecule has 196 valence electrons. The van der Waals surface area contributed by atoms with E-state index in [-0.39, 0.29) is 17.9 Å². The Labute approximate surface area is 231 Å². The van der Waals surface area contributed by atoms with Crippen LogP contribution in [-0.2, 0) is 19.4 Å². The fourth-order valence-corrected chi connectivity index (χ4v) is 6.51. The summed E-state index contributed by atoms with van der Waals surface area (Å²) in [6.45, 7) is 1.36. The van der Waals surface area contributed by atoms with Crippen LogP contribution in [-0.4, -0.2) is 23.5 Å². The molecular weight excluding hydrogens is 511 g/mol. The summed E-state index contributed by atoms with van der Waals surface area (Å²) in [7, 11) is 1.70. The van der Waals surface area contributed by atoms with Crippen LogP contribution in [0, 0.1) is 5.82 Å². The number of halogens is 2. The molecule has 1 aromatic heterocycles. The first-order valence-electron chi connectivity index (χ1n) is 13.3. The van der Waals surface area contributed by atoms with Crippen molar-refractivity contribution in [1.29, 1.82) is 0 Å². The third-order valence-corrected chi connectivity index (χ3v) is 8.39. The van der Waals surface area contributed by atoms with Gasteiger partial charge in [-0.25, -0.2) is 4.39 Å². The molecule has 0 aliphatic carbocycles. The molecule has 39 heavy (non-hydrogen) atoms. The molecular formula is C33H28ClFN2O2. The molecule has 0 spiro atoms. The van der Waals surface area contributed by atoms with Gasteiger partial charge in [0.2, 0.25) is 0 Å². The van der Waals surface area contributed by atoms with Gasteiger partial charge in [-0.15, -0.1) is 0 Å². The third-order valence-electron chi connectivity index (χ3n) is 8.15. The first kappa shape index (κ1) is 24.3. The lowest BCUT2D eigenvalue weighted by molar-refractivity contribution is 0.127. The highest BCUT2D eigenvalue weighted by atomic mass is 35.5. The summed E-state index contributed by atoms with van der Waals surface area (Å²) in [6.07, 6.45) is 1.74. The van der Waals surface area contributed by atoms with Gasteiger partial charge in [0.25, 0.3) is 0 Å². The Morgan fingerprint density at radius 3 is 2.59 bits per heavy atom. The Bertz CT molecular complexity index is 1670. The van der Waals surface area contributed by atoms with Crippen LogP contribution in [0.3, 0.4) is 0 Å². The van der Waals surface area contributed by atoms with Crippen molar-refractivity contribution in [3.63, 3.8) is 0 Å². The Kier molecular flexibility index (Phi) is 6.06. The number of aromatic amines is 1. The molecule has 6 heteroatoms. The van der Waals surface area contributed by atoms with E-state index in [9.17, 15) is 4.39 Å². The van der Waals surface area contributed by atoms with Crippen LogP contribution in [0.5, 0.6) is 11.5 Å². The van der Waals surface area contributed by atoms with E-state index in [1.165, 1.54) is 22.1 Å². The van der Waals surface area contributed by atoms with E-state index < -0.39 is 0 Å². The van der Waals surface area contributed by atoms with Gasteiger partial charge in [0.1, 0.15) is 12.4 Å². The first-order valence-corrected chi connectivity index (χ1v) is 13.7. The zero-order chi connectivity index (χ0) is 26.5. The number of rotatable bonds is 5. The molecule has 1 N–H and O–H groups in total. The van der Waals surface area contributed by atoms with Gasteiger partial charge in [-0.1, -0.05) is 60.1 Å². The summed E-state index contributed by atoms with van der Waals surface area (Å²) in [5, 5.41) is 1.89. The van der Waals surface area contributed by atoms with Crippen LogP contribution in [0.15, 0.2) is 84.9 Å². The summed E-state index contributed by atoms with van der Waals surface area (Å²) >= 11 is 6.36. The third kappa shape index (κ3) is 4.26. The summed E-state index contributed by atoms with van der Waals surface area (Å²) < 4.78 is 26.0. The number of hydrogen-bond acceptors (Lipinski definition) is 3. The van der Waals surface area contributed by atoms with Gasteiger partial charge in [-0.2, -0.15) is 0 Å². The van der Waals surface area contributed by atoms with Gasteiger partial charge in [0.15, 0.2) is 11.5 Å². The fraction of sp³-hybridized carbons (Fsp3) is 0.212. The molecule has 2 atom stereocenters. The average Bonchev–Trinajstić information content (AvgIpc) is 3.32. The maximum absolute atomic E-state index is 13.9. The molecule has 5 aromatic rings. The number of fused-ring (bicyclic) bond motifs is 6. The van der Waals surface area contributed by atoms with E-state index in [0.29, 0.717) is 11.6 Å². The standard InChI is InChI=1S/C33H28ClFN2O2/c1-38-30-18-26-22(15-31(30)39-19-20-5-3-2-4-6-20)13-14-37-29(26)17-27-25-12-9-23(34)16-28(25)36-32(27)33(37)21-7-10-24(35)11-8-21/h2-12,15-16,18,29,33,36H,13-14,17,19H2,1H3. The number of nitrogens with zero attached hydrogens (tertiary/aromatic N) is 1. The zero-order valence-electron chi connectivity index (χ0n) is 21.6. The second-order valence-corrected chi connectivity index (χ2v) is 10.8. The fourth-order valence-electron chi connectivity index (χ4n) is 6.34. The lowest BCUT2D eigenvalue weighted by atomic mass is 9.80. The molecule has 0 amide bonds. The maximum Gasteiger partial charge on any atom is 0.161 e. The number of methoxy groups -OCH3 is 1. The number of hydrogen-bond donors (Lipinski definition) is 1. The molecule has 0 saturated heterocycles. The van der Waals surface area contributed by atoms with Crippen molar-refractivity contribution in [2.75, 3.05) is 13.7 Å². The Hall–Kier alpha value is -3.80. The molecule has 0 bridgehead atoms. The van der Waals surface area contributed by atoms with E-state index in [1.54, 1.807) is 19.2 Å². The van der Waals surface area contributed by atoms with Crippen molar-refractivity contribution >= 4 is 22.5 Å². The van der Waals surface area contributed by atoms with E-state index in [0.717, 1.165) is 53.2 Å². The monoisotopic (exact) mass is 538 g/mol. The predicted molar refractivity (Wildman–Crippen MR) is 152 cm³/mol. The lowest BCUT2D eigenvalue weighted by Gasteiger charge is -2.46. The Morgan fingerprint density at radius 1 is 0.974 bits per heavy atom. The minimum Gasteiger partial charge on any atom is -0.493 e. The Balaban J connectivity index is 1.32. The van der Waals surface area contributed by atoms with Gasteiger partial charge in [0.05, 0.1) is 13.2 Å². The van der Waals surface area contributed by atoms with Crippen LogP contribution >= 0.6 is 11.6 Å². The highest BCUT2D eigenvalue weighted by Crippen LogP contribution is 2.49. The molecule has 0 fully saturated rings. The molecule has 7 rings (SSSR count). The highest BCUT2D eigenvalue weighted by molar-refractivity contribution is 6.31. The zero-order valence-corrected chi connectivity index (χ0v) is 22.3. The molecule has 4 aromatic carbocycles. The lowest BCUT2D eigenvalue weighted by Crippen LogP contribution is -2.43. The van der Waals surface area contributed by atoms with Crippen LogP contribution in [0.2, 0.25) is 5.02 Å². The number of ether oxygens (including phenoxy) is 2. The highest BCUT2D eigenvalue weighted by Gasteiger charge is 2.41. The van der Waals surface area contributed by atoms with Crippen LogP contribution < -0.4 is 9.47 Å². The predicted octanol–water partition coefficient (Wildman–Crippen LogP) is 7.79. The molecule has 0 radical (unpaired) electrons. The van der Waals surface area contributed by atoms with Crippen LogP contribution in [0.4, 0.5) is 4.39 Å². The molecule has 0 saturated carbocycles. The summed E-state index contributed by atoms with van der Waals surface area (Å²) in [5.41, 5.74) is 8.20. The van der Waals surface area contributed by atoms with Crippen LogP contribution in [0.1, 0.15) is 45.6 Å². The van der Waals surface area contributed by atoms with E-state index in [1.807, 2.05) is 42.5 Å². The number of benzene rings is 4. The number of aromatic nitrogens is 1. The largest absolute Gasteiger partial charge is 0.493 e. The number of H-pyrrole nitrogens is 1. The van der Waals surface area contributed by atoms with Gasteiger partial charge in [-0.05, 0) is 77.1 Å².